The second-order valence-electron chi connectivity index (χ2n) is 4.90. The summed E-state index contributed by atoms with van der Waals surface area (Å²) >= 11 is 13.2. The topological polar surface area (TPSA) is 58.6 Å². The molecular weight excluding hydrogens is 359 g/mol. The summed E-state index contributed by atoms with van der Waals surface area (Å²) in [5.74, 6) is -0.177. The van der Waals surface area contributed by atoms with Crippen LogP contribution in [-0.2, 0) is 4.74 Å². The lowest BCUT2D eigenvalue weighted by Crippen LogP contribution is -2.34. The Labute approximate surface area is 146 Å². The predicted molar refractivity (Wildman–Crippen MR) is 90.7 cm³/mol. The fourth-order valence-electron chi connectivity index (χ4n) is 2.19. The minimum atomic E-state index is -0.473. The van der Waals surface area contributed by atoms with Crippen LogP contribution in [0.5, 0.6) is 0 Å². The zero-order chi connectivity index (χ0) is 16.4. The number of rotatable bonds is 4. The van der Waals surface area contributed by atoms with Gasteiger partial charge in [0.05, 0.1) is 28.0 Å². The van der Waals surface area contributed by atoms with Gasteiger partial charge in [-0.15, -0.1) is 11.3 Å². The Morgan fingerprint density at radius 2 is 2.17 bits per heavy atom. The Bertz CT molecular complexity index is 736. The number of hydrogen-bond donors (Lipinski definition) is 1. The molecule has 1 aromatic heterocycles. The van der Waals surface area contributed by atoms with E-state index < -0.39 is 12.2 Å². The number of nitrogens with zero attached hydrogens (tertiary/aromatic N) is 1. The number of hydrogen-bond acceptors (Lipinski definition) is 4. The van der Waals surface area contributed by atoms with Crippen molar-refractivity contribution in [2.75, 3.05) is 18.0 Å². The van der Waals surface area contributed by atoms with Crippen molar-refractivity contribution in [1.82, 2.24) is 5.32 Å². The van der Waals surface area contributed by atoms with Gasteiger partial charge in [0.25, 0.3) is 5.91 Å². The van der Waals surface area contributed by atoms with Crippen LogP contribution in [0.4, 0.5) is 10.5 Å². The summed E-state index contributed by atoms with van der Waals surface area (Å²) in [5, 5.41) is 5.38. The molecule has 8 heteroatoms. The van der Waals surface area contributed by atoms with Crippen LogP contribution >= 0.6 is 34.5 Å². The number of halogens is 2. The summed E-state index contributed by atoms with van der Waals surface area (Å²) < 4.78 is 5.27. The Kier molecular flexibility index (Phi) is 4.75. The highest BCUT2D eigenvalue weighted by Crippen LogP contribution is 2.29. The average molecular weight is 371 g/mol. The van der Waals surface area contributed by atoms with E-state index in [1.165, 1.54) is 16.2 Å². The lowest BCUT2D eigenvalue weighted by molar-refractivity contribution is 0.0920. The van der Waals surface area contributed by atoms with Gasteiger partial charge in [-0.1, -0.05) is 29.3 Å². The molecule has 3 rings (SSSR count). The molecule has 0 radical (unpaired) electrons. The molecule has 2 aromatic rings. The van der Waals surface area contributed by atoms with E-state index in [0.29, 0.717) is 27.2 Å². The van der Waals surface area contributed by atoms with Gasteiger partial charge >= 0.3 is 6.09 Å². The lowest BCUT2D eigenvalue weighted by atomic mass is 10.2. The largest absolute Gasteiger partial charge is 0.442 e. The number of thiophene rings is 1. The lowest BCUT2D eigenvalue weighted by Gasteiger charge is -2.13. The summed E-state index contributed by atoms with van der Waals surface area (Å²) in [4.78, 5) is 25.9. The van der Waals surface area contributed by atoms with Crippen molar-refractivity contribution >= 4 is 52.2 Å². The smallest absolute Gasteiger partial charge is 0.414 e. The summed E-state index contributed by atoms with van der Waals surface area (Å²) in [6.07, 6.45) is -0.889. The molecule has 1 aliphatic heterocycles. The number of carbonyl (C=O) groups excluding carboxylic acids is 2. The fourth-order valence-corrected chi connectivity index (χ4v) is 3.13. The van der Waals surface area contributed by atoms with Crippen molar-refractivity contribution in [3.8, 4) is 0 Å². The van der Waals surface area contributed by atoms with Crippen molar-refractivity contribution in [2.45, 2.75) is 6.10 Å². The first-order valence-corrected chi connectivity index (χ1v) is 8.43. The minimum Gasteiger partial charge on any atom is -0.442 e. The normalized spacial score (nSPS) is 17.2. The van der Waals surface area contributed by atoms with Crippen molar-refractivity contribution in [2.24, 2.45) is 0 Å². The monoisotopic (exact) mass is 370 g/mol. The van der Waals surface area contributed by atoms with E-state index in [2.05, 4.69) is 5.32 Å². The van der Waals surface area contributed by atoms with E-state index >= 15 is 0 Å². The Morgan fingerprint density at radius 3 is 2.87 bits per heavy atom. The second kappa shape index (κ2) is 6.78. The Balaban J connectivity index is 1.61. The van der Waals surface area contributed by atoms with Crippen LogP contribution in [0.3, 0.4) is 0 Å². The minimum absolute atomic E-state index is 0.177. The molecular formula is C15H12Cl2N2O3S. The first kappa shape index (κ1) is 16.1. The number of cyclic esters (lactones) is 1. The Hall–Kier alpha value is -1.76. The molecule has 1 aromatic carbocycles. The molecule has 23 heavy (non-hydrogen) atoms. The quantitative estimate of drug-likeness (QED) is 0.889. The standard InChI is InChI=1S/C15H12Cl2N2O3S/c16-11-4-3-9(6-12(11)17)19-8-10(22-15(19)21)7-18-14(20)13-2-1-5-23-13/h1-6,10H,7-8H2,(H,18,20). The molecule has 0 spiro atoms. The van der Waals surface area contributed by atoms with Gasteiger partial charge in [0.1, 0.15) is 6.10 Å². The maximum absolute atomic E-state index is 12.0. The van der Waals surface area contributed by atoms with E-state index in [1.54, 1.807) is 30.3 Å². The van der Waals surface area contributed by atoms with Crippen molar-refractivity contribution < 1.29 is 14.3 Å². The third kappa shape index (κ3) is 3.60. The molecule has 1 N–H and O–H groups in total. The molecule has 0 aliphatic carbocycles. The first-order valence-electron chi connectivity index (χ1n) is 6.79. The molecule has 120 valence electrons. The Morgan fingerprint density at radius 1 is 1.35 bits per heavy atom. The number of amides is 2. The molecule has 2 amide bonds. The zero-order valence-corrected chi connectivity index (χ0v) is 14.1. The molecule has 1 fully saturated rings. The van der Waals surface area contributed by atoms with Gasteiger partial charge in [0.2, 0.25) is 0 Å². The molecule has 1 aliphatic rings. The van der Waals surface area contributed by atoms with Crippen molar-refractivity contribution in [3.05, 3.63) is 50.6 Å². The van der Waals surface area contributed by atoms with E-state index in [9.17, 15) is 9.59 Å². The maximum Gasteiger partial charge on any atom is 0.414 e. The number of carbonyl (C=O) groups is 2. The molecule has 0 saturated carbocycles. The van der Waals surface area contributed by atoms with Gasteiger partial charge in [-0.25, -0.2) is 4.79 Å². The number of ether oxygens (including phenoxy) is 1. The van der Waals surface area contributed by atoms with E-state index in [-0.39, 0.29) is 12.5 Å². The van der Waals surface area contributed by atoms with Crippen LogP contribution in [-0.4, -0.2) is 31.2 Å². The highest BCUT2D eigenvalue weighted by molar-refractivity contribution is 7.12. The molecule has 1 atom stereocenters. The van der Waals surface area contributed by atoms with E-state index in [0.717, 1.165) is 0 Å². The van der Waals surface area contributed by atoms with Crippen LogP contribution in [0.2, 0.25) is 10.0 Å². The predicted octanol–water partition coefficient (Wildman–Crippen LogP) is 3.81. The number of nitrogens with one attached hydrogen (secondary N) is 1. The summed E-state index contributed by atoms with van der Waals surface area (Å²) in [6, 6.07) is 8.47. The molecule has 0 bridgehead atoms. The third-order valence-corrected chi connectivity index (χ3v) is 4.93. The van der Waals surface area contributed by atoms with Gasteiger partial charge in [-0.2, -0.15) is 0 Å². The van der Waals surface area contributed by atoms with Gasteiger partial charge in [-0.3, -0.25) is 9.69 Å². The van der Waals surface area contributed by atoms with Gasteiger partial charge in [0, 0.05) is 5.69 Å². The first-order chi connectivity index (χ1) is 11.0. The van der Waals surface area contributed by atoms with E-state index in [1.807, 2.05) is 5.38 Å². The molecule has 5 nitrogen and oxygen atoms in total. The van der Waals surface area contributed by atoms with Gasteiger partial charge in [0.15, 0.2) is 0 Å². The van der Waals surface area contributed by atoms with Gasteiger partial charge in [-0.05, 0) is 29.6 Å². The van der Waals surface area contributed by atoms with Gasteiger partial charge < -0.3 is 10.1 Å². The molecule has 1 unspecified atom stereocenters. The number of benzene rings is 1. The van der Waals surface area contributed by atoms with Crippen LogP contribution < -0.4 is 10.2 Å². The van der Waals surface area contributed by atoms with Crippen molar-refractivity contribution in [3.63, 3.8) is 0 Å². The number of anilines is 1. The van der Waals surface area contributed by atoms with Crippen LogP contribution in [0, 0.1) is 0 Å². The maximum atomic E-state index is 12.0. The second-order valence-corrected chi connectivity index (χ2v) is 6.66. The summed E-state index contributed by atoms with van der Waals surface area (Å²) in [7, 11) is 0. The van der Waals surface area contributed by atoms with Crippen LogP contribution in [0.1, 0.15) is 9.67 Å². The summed E-state index contributed by atoms with van der Waals surface area (Å²) in [6.45, 7) is 0.585. The van der Waals surface area contributed by atoms with Crippen molar-refractivity contribution in [1.29, 1.82) is 0 Å². The zero-order valence-electron chi connectivity index (χ0n) is 11.8. The van der Waals surface area contributed by atoms with Crippen LogP contribution in [0.25, 0.3) is 0 Å². The highest BCUT2D eigenvalue weighted by atomic mass is 35.5. The van der Waals surface area contributed by atoms with Crippen LogP contribution in [0.15, 0.2) is 35.7 Å². The SMILES string of the molecule is O=C(NCC1CN(c2ccc(Cl)c(Cl)c2)C(=O)O1)c1cccs1. The molecule has 1 saturated heterocycles. The third-order valence-electron chi connectivity index (χ3n) is 3.32. The average Bonchev–Trinajstić information content (AvgIpc) is 3.17. The van der Waals surface area contributed by atoms with E-state index in [4.69, 9.17) is 27.9 Å². The highest BCUT2D eigenvalue weighted by Gasteiger charge is 2.32. The summed E-state index contributed by atoms with van der Waals surface area (Å²) in [5.41, 5.74) is 0.608. The molecule has 2 heterocycles. The fraction of sp³-hybridized carbons (Fsp3) is 0.200.